The fourth-order valence-corrected chi connectivity index (χ4v) is 1.66. The maximum atomic E-state index is 5.47. The van der Waals surface area contributed by atoms with Crippen molar-refractivity contribution < 1.29 is 4.74 Å². The van der Waals surface area contributed by atoms with Crippen LogP contribution in [0, 0.1) is 0 Å². The molecule has 0 aliphatic heterocycles. The SMILES string of the molecule is C=CCOc1cccc(CNCCSC)c1. The molecule has 0 atom stereocenters. The molecule has 3 heteroatoms. The lowest BCUT2D eigenvalue weighted by Crippen LogP contribution is -2.16. The number of ether oxygens (including phenoxy) is 1. The summed E-state index contributed by atoms with van der Waals surface area (Å²) in [4.78, 5) is 0. The van der Waals surface area contributed by atoms with E-state index in [4.69, 9.17) is 4.74 Å². The van der Waals surface area contributed by atoms with E-state index in [9.17, 15) is 0 Å². The van der Waals surface area contributed by atoms with Crippen molar-refractivity contribution in [1.82, 2.24) is 5.32 Å². The first-order valence-electron chi connectivity index (χ1n) is 5.39. The molecule has 1 aromatic carbocycles. The molecule has 0 bridgehead atoms. The topological polar surface area (TPSA) is 21.3 Å². The molecule has 1 N–H and O–H groups in total. The van der Waals surface area contributed by atoms with E-state index in [0.717, 1.165) is 24.6 Å². The van der Waals surface area contributed by atoms with E-state index >= 15 is 0 Å². The van der Waals surface area contributed by atoms with E-state index in [1.807, 2.05) is 23.9 Å². The average Bonchev–Trinajstić information content (AvgIpc) is 2.33. The van der Waals surface area contributed by atoms with Gasteiger partial charge in [0.1, 0.15) is 12.4 Å². The summed E-state index contributed by atoms with van der Waals surface area (Å²) in [6.45, 7) is 6.12. The Kier molecular flexibility index (Phi) is 6.77. The predicted octanol–water partition coefficient (Wildman–Crippen LogP) is 2.70. The van der Waals surface area contributed by atoms with Gasteiger partial charge in [-0.2, -0.15) is 11.8 Å². The fraction of sp³-hybridized carbons (Fsp3) is 0.385. The van der Waals surface area contributed by atoms with Gasteiger partial charge in [0.05, 0.1) is 0 Å². The maximum Gasteiger partial charge on any atom is 0.120 e. The Balaban J connectivity index is 2.37. The number of thioether (sulfide) groups is 1. The lowest BCUT2D eigenvalue weighted by atomic mass is 10.2. The highest BCUT2D eigenvalue weighted by Crippen LogP contribution is 2.13. The van der Waals surface area contributed by atoms with E-state index < -0.39 is 0 Å². The standard InChI is InChI=1S/C13H19NOS/c1-3-8-15-13-6-4-5-12(10-13)11-14-7-9-16-2/h3-6,10,14H,1,7-9,11H2,2H3. The van der Waals surface area contributed by atoms with Gasteiger partial charge < -0.3 is 10.1 Å². The third-order valence-electron chi connectivity index (χ3n) is 2.08. The summed E-state index contributed by atoms with van der Waals surface area (Å²) in [6, 6.07) is 8.15. The summed E-state index contributed by atoms with van der Waals surface area (Å²) in [7, 11) is 0. The monoisotopic (exact) mass is 237 g/mol. The summed E-state index contributed by atoms with van der Waals surface area (Å²) in [5.74, 6) is 2.05. The Bertz CT molecular complexity index is 315. The minimum absolute atomic E-state index is 0.559. The van der Waals surface area contributed by atoms with Gasteiger partial charge in [-0.15, -0.1) is 0 Å². The Morgan fingerprint density at radius 1 is 1.50 bits per heavy atom. The van der Waals surface area contributed by atoms with Gasteiger partial charge in [-0.3, -0.25) is 0 Å². The van der Waals surface area contributed by atoms with Crippen molar-refractivity contribution in [3.8, 4) is 5.75 Å². The van der Waals surface area contributed by atoms with Gasteiger partial charge in [0.15, 0.2) is 0 Å². The first kappa shape index (κ1) is 13.1. The Labute approximate surface area is 102 Å². The van der Waals surface area contributed by atoms with Gasteiger partial charge >= 0.3 is 0 Å². The lowest BCUT2D eigenvalue weighted by molar-refractivity contribution is 0.362. The molecule has 0 heterocycles. The second kappa shape index (κ2) is 8.25. The van der Waals surface area contributed by atoms with Crippen molar-refractivity contribution in [2.24, 2.45) is 0 Å². The molecule has 0 aliphatic rings. The number of hydrogen-bond acceptors (Lipinski definition) is 3. The summed E-state index contributed by atoms with van der Waals surface area (Å²) in [5.41, 5.74) is 1.25. The van der Waals surface area contributed by atoms with Crippen LogP contribution >= 0.6 is 11.8 Å². The van der Waals surface area contributed by atoms with Crippen molar-refractivity contribution in [2.75, 3.05) is 25.2 Å². The van der Waals surface area contributed by atoms with Crippen LogP contribution in [0.1, 0.15) is 5.56 Å². The van der Waals surface area contributed by atoms with Crippen molar-refractivity contribution in [2.45, 2.75) is 6.54 Å². The summed E-state index contributed by atoms with van der Waals surface area (Å²) in [6.07, 6.45) is 3.87. The largest absolute Gasteiger partial charge is 0.490 e. The maximum absolute atomic E-state index is 5.47. The minimum Gasteiger partial charge on any atom is -0.490 e. The zero-order chi connectivity index (χ0) is 11.6. The Morgan fingerprint density at radius 3 is 3.12 bits per heavy atom. The smallest absolute Gasteiger partial charge is 0.120 e. The molecule has 0 spiro atoms. The number of rotatable bonds is 8. The molecule has 0 unspecified atom stereocenters. The molecule has 1 rings (SSSR count). The molecule has 0 radical (unpaired) electrons. The zero-order valence-corrected chi connectivity index (χ0v) is 10.6. The quantitative estimate of drug-likeness (QED) is 0.555. The van der Waals surface area contributed by atoms with Crippen LogP contribution in [-0.4, -0.2) is 25.2 Å². The van der Waals surface area contributed by atoms with Crippen LogP contribution in [-0.2, 0) is 6.54 Å². The van der Waals surface area contributed by atoms with E-state index in [0.29, 0.717) is 6.61 Å². The van der Waals surface area contributed by atoms with E-state index in [1.54, 1.807) is 6.08 Å². The second-order valence-corrected chi connectivity index (χ2v) is 4.40. The molecule has 0 saturated heterocycles. The van der Waals surface area contributed by atoms with Crippen molar-refractivity contribution in [1.29, 1.82) is 0 Å². The highest BCUT2D eigenvalue weighted by molar-refractivity contribution is 7.98. The predicted molar refractivity (Wildman–Crippen MR) is 72.2 cm³/mol. The van der Waals surface area contributed by atoms with Crippen molar-refractivity contribution in [3.05, 3.63) is 42.5 Å². The van der Waals surface area contributed by atoms with Crippen LogP contribution < -0.4 is 10.1 Å². The first-order chi connectivity index (χ1) is 7.86. The molecule has 0 aromatic heterocycles. The number of hydrogen-bond donors (Lipinski definition) is 1. The van der Waals surface area contributed by atoms with E-state index in [2.05, 4.69) is 30.3 Å². The zero-order valence-electron chi connectivity index (χ0n) is 9.74. The number of nitrogens with one attached hydrogen (secondary N) is 1. The van der Waals surface area contributed by atoms with Crippen LogP contribution in [0.2, 0.25) is 0 Å². The third kappa shape index (κ3) is 5.24. The molecule has 1 aromatic rings. The molecule has 0 fully saturated rings. The highest BCUT2D eigenvalue weighted by Gasteiger charge is 1.96. The third-order valence-corrected chi connectivity index (χ3v) is 2.69. The van der Waals surface area contributed by atoms with Crippen LogP contribution in [0.4, 0.5) is 0 Å². The fourth-order valence-electron chi connectivity index (χ4n) is 1.31. The van der Waals surface area contributed by atoms with Crippen LogP contribution in [0.15, 0.2) is 36.9 Å². The van der Waals surface area contributed by atoms with Crippen LogP contribution in [0.25, 0.3) is 0 Å². The molecule has 0 saturated carbocycles. The summed E-state index contributed by atoms with van der Waals surface area (Å²) in [5, 5.41) is 3.39. The van der Waals surface area contributed by atoms with Gasteiger partial charge in [0.2, 0.25) is 0 Å². The molecular formula is C13H19NOS. The van der Waals surface area contributed by atoms with Crippen molar-refractivity contribution in [3.63, 3.8) is 0 Å². The normalized spacial score (nSPS) is 10.1. The second-order valence-electron chi connectivity index (χ2n) is 3.42. The molecule has 2 nitrogen and oxygen atoms in total. The molecule has 0 amide bonds. The van der Waals surface area contributed by atoms with Gasteiger partial charge in [-0.05, 0) is 24.0 Å². The molecular weight excluding hydrogens is 218 g/mol. The van der Waals surface area contributed by atoms with Gasteiger partial charge in [0, 0.05) is 18.8 Å². The van der Waals surface area contributed by atoms with Crippen molar-refractivity contribution >= 4 is 11.8 Å². The summed E-state index contributed by atoms with van der Waals surface area (Å²) < 4.78 is 5.47. The highest BCUT2D eigenvalue weighted by atomic mass is 32.2. The lowest BCUT2D eigenvalue weighted by Gasteiger charge is -2.07. The molecule has 16 heavy (non-hydrogen) atoms. The Morgan fingerprint density at radius 2 is 2.38 bits per heavy atom. The minimum atomic E-state index is 0.559. The molecule has 0 aliphatic carbocycles. The van der Waals surface area contributed by atoms with Crippen LogP contribution in [0.3, 0.4) is 0 Å². The average molecular weight is 237 g/mol. The van der Waals surface area contributed by atoms with Gasteiger partial charge in [-0.25, -0.2) is 0 Å². The summed E-state index contributed by atoms with van der Waals surface area (Å²) >= 11 is 1.85. The first-order valence-corrected chi connectivity index (χ1v) is 6.78. The van der Waals surface area contributed by atoms with Gasteiger partial charge in [-0.1, -0.05) is 24.8 Å². The van der Waals surface area contributed by atoms with E-state index in [-0.39, 0.29) is 0 Å². The van der Waals surface area contributed by atoms with Crippen LogP contribution in [0.5, 0.6) is 5.75 Å². The number of benzene rings is 1. The Hall–Kier alpha value is -0.930. The molecule has 88 valence electrons. The van der Waals surface area contributed by atoms with E-state index in [1.165, 1.54) is 5.56 Å². The van der Waals surface area contributed by atoms with Gasteiger partial charge in [0.25, 0.3) is 0 Å².